The average Bonchev–Trinajstić information content (AvgIpc) is 3.07. The summed E-state index contributed by atoms with van der Waals surface area (Å²) in [7, 11) is 1.40. The number of nitrogens with zero attached hydrogens (tertiary/aromatic N) is 6. The fraction of sp³-hybridized carbons (Fsp3) is 0.200. The van der Waals surface area contributed by atoms with E-state index in [0.29, 0.717) is 17.1 Å². The molecule has 0 saturated carbocycles. The molecule has 0 spiro atoms. The number of anilines is 1. The van der Waals surface area contributed by atoms with Gasteiger partial charge in [-0.1, -0.05) is 46.0 Å². The first kappa shape index (κ1) is 19.3. The molecule has 0 saturated heterocycles. The molecule has 9 nitrogen and oxygen atoms in total. The zero-order valence-electron chi connectivity index (χ0n) is 14.1. The summed E-state index contributed by atoms with van der Waals surface area (Å²) in [6.45, 7) is 2.26. The zero-order chi connectivity index (χ0) is 19.7. The number of carbonyl (C=O) groups is 1. The number of hydrogen-bond acceptors (Lipinski definition) is 6. The van der Waals surface area contributed by atoms with Crippen molar-refractivity contribution in [2.24, 2.45) is 7.05 Å². The van der Waals surface area contributed by atoms with E-state index >= 15 is 0 Å². The highest BCUT2D eigenvalue weighted by Gasteiger charge is 2.24. The molecule has 0 aliphatic heterocycles. The highest BCUT2D eigenvalue weighted by molar-refractivity contribution is 6.39. The Bertz CT molecular complexity index is 1090. The molecule has 27 heavy (non-hydrogen) atoms. The van der Waals surface area contributed by atoms with E-state index < -0.39 is 11.5 Å². The SMILES string of the molecule is CCn1nnnc1NC(=O)c1nn(C)c(=O)c(-c2ccc(Cl)cc2Cl)c1Cl. The normalized spacial score (nSPS) is 10.9. The Balaban J connectivity index is 2.11. The average molecular weight is 429 g/mol. The van der Waals surface area contributed by atoms with Crippen LogP contribution in [0, 0.1) is 0 Å². The van der Waals surface area contributed by atoms with Crippen LogP contribution in [0.4, 0.5) is 5.95 Å². The number of carbonyl (C=O) groups excluding carboxylic acids is 1. The molecule has 3 aromatic rings. The van der Waals surface area contributed by atoms with Crippen molar-refractivity contribution in [2.45, 2.75) is 13.5 Å². The number of rotatable bonds is 4. The van der Waals surface area contributed by atoms with Gasteiger partial charge in [0.2, 0.25) is 5.95 Å². The maximum Gasteiger partial charge on any atom is 0.280 e. The molecule has 0 bridgehead atoms. The molecule has 0 unspecified atom stereocenters. The monoisotopic (exact) mass is 427 g/mol. The van der Waals surface area contributed by atoms with Crippen LogP contribution in [0.3, 0.4) is 0 Å². The van der Waals surface area contributed by atoms with Crippen LogP contribution < -0.4 is 10.9 Å². The van der Waals surface area contributed by atoms with Crippen LogP contribution in [0.1, 0.15) is 17.4 Å². The topological polar surface area (TPSA) is 108 Å². The maximum absolute atomic E-state index is 12.7. The van der Waals surface area contributed by atoms with Crippen LogP contribution >= 0.6 is 34.8 Å². The number of amides is 1. The second-order valence-electron chi connectivity index (χ2n) is 5.36. The predicted molar refractivity (Wildman–Crippen MR) is 101 cm³/mol. The summed E-state index contributed by atoms with van der Waals surface area (Å²) in [6.07, 6.45) is 0. The minimum atomic E-state index is -0.675. The smallest absolute Gasteiger partial charge is 0.280 e. The highest BCUT2D eigenvalue weighted by Crippen LogP contribution is 2.33. The molecule has 3 rings (SSSR count). The number of nitrogens with one attached hydrogen (secondary N) is 1. The fourth-order valence-corrected chi connectivity index (χ4v) is 3.16. The van der Waals surface area contributed by atoms with Gasteiger partial charge in [-0.25, -0.2) is 9.36 Å². The van der Waals surface area contributed by atoms with Gasteiger partial charge >= 0.3 is 0 Å². The Hall–Kier alpha value is -2.49. The van der Waals surface area contributed by atoms with Crippen molar-refractivity contribution < 1.29 is 4.79 Å². The number of tetrazole rings is 1. The molecule has 1 N–H and O–H groups in total. The lowest BCUT2D eigenvalue weighted by Gasteiger charge is -2.12. The van der Waals surface area contributed by atoms with Crippen molar-refractivity contribution in [3.05, 3.63) is 49.3 Å². The van der Waals surface area contributed by atoms with Crippen molar-refractivity contribution in [3.63, 3.8) is 0 Å². The van der Waals surface area contributed by atoms with Gasteiger partial charge in [0.15, 0.2) is 5.69 Å². The molecule has 1 amide bonds. The summed E-state index contributed by atoms with van der Waals surface area (Å²) in [5.41, 5.74) is -0.317. The van der Waals surface area contributed by atoms with E-state index in [-0.39, 0.29) is 27.3 Å². The Kier molecular flexibility index (Phi) is 5.45. The summed E-state index contributed by atoms with van der Waals surface area (Å²) in [5, 5.41) is 17.9. The van der Waals surface area contributed by atoms with E-state index in [1.807, 2.05) is 6.92 Å². The first-order chi connectivity index (χ1) is 12.8. The van der Waals surface area contributed by atoms with Gasteiger partial charge in [-0.2, -0.15) is 5.10 Å². The summed E-state index contributed by atoms with van der Waals surface area (Å²) in [6, 6.07) is 4.59. The third-order valence-corrected chi connectivity index (χ3v) is 4.57. The van der Waals surface area contributed by atoms with Gasteiger partial charge in [-0.3, -0.25) is 14.9 Å². The van der Waals surface area contributed by atoms with Crippen molar-refractivity contribution >= 4 is 46.7 Å². The van der Waals surface area contributed by atoms with Crippen LogP contribution in [-0.4, -0.2) is 35.9 Å². The van der Waals surface area contributed by atoms with Crippen LogP contribution in [0.25, 0.3) is 11.1 Å². The molecule has 0 aliphatic carbocycles. The van der Waals surface area contributed by atoms with Crippen LogP contribution in [0.15, 0.2) is 23.0 Å². The molecule has 12 heteroatoms. The Morgan fingerprint density at radius 1 is 1.26 bits per heavy atom. The van der Waals surface area contributed by atoms with Gasteiger partial charge in [0.05, 0.1) is 15.6 Å². The minimum Gasteiger partial charge on any atom is -0.288 e. The number of aromatic nitrogens is 6. The second-order valence-corrected chi connectivity index (χ2v) is 6.58. The molecule has 0 aliphatic rings. The van der Waals surface area contributed by atoms with Crippen molar-refractivity contribution in [1.29, 1.82) is 0 Å². The number of aryl methyl sites for hydroxylation is 2. The second kappa shape index (κ2) is 7.63. The molecule has 0 radical (unpaired) electrons. The maximum atomic E-state index is 12.7. The Labute approximate surface area is 167 Å². The van der Waals surface area contributed by atoms with E-state index in [9.17, 15) is 9.59 Å². The van der Waals surface area contributed by atoms with Crippen LogP contribution in [0.2, 0.25) is 15.1 Å². The lowest BCUT2D eigenvalue weighted by Crippen LogP contribution is -2.27. The van der Waals surface area contributed by atoms with Gasteiger partial charge in [0.25, 0.3) is 11.5 Å². The standard InChI is InChI=1S/C15H12Cl3N7O2/c1-3-25-15(20-22-23-25)19-13(26)12-11(18)10(14(27)24(2)21-12)8-5-4-7(16)6-9(8)17/h4-6H,3H2,1-2H3,(H,19,20,23,26). The van der Waals surface area contributed by atoms with E-state index in [4.69, 9.17) is 34.8 Å². The van der Waals surface area contributed by atoms with Gasteiger partial charge in [-0.05, 0) is 29.5 Å². The number of benzene rings is 1. The number of halogens is 3. The highest BCUT2D eigenvalue weighted by atomic mass is 35.5. The number of hydrogen-bond donors (Lipinski definition) is 1. The lowest BCUT2D eigenvalue weighted by atomic mass is 10.1. The van der Waals surface area contributed by atoms with Crippen LogP contribution in [-0.2, 0) is 13.6 Å². The Morgan fingerprint density at radius 2 is 2.00 bits per heavy atom. The molecule has 2 heterocycles. The molecule has 140 valence electrons. The van der Waals surface area contributed by atoms with E-state index in [1.165, 1.54) is 17.8 Å². The largest absolute Gasteiger partial charge is 0.288 e. The van der Waals surface area contributed by atoms with Gasteiger partial charge < -0.3 is 0 Å². The quantitative estimate of drug-likeness (QED) is 0.684. The molecule has 1 aromatic carbocycles. The first-order valence-corrected chi connectivity index (χ1v) is 8.76. The van der Waals surface area contributed by atoms with E-state index in [1.54, 1.807) is 12.1 Å². The first-order valence-electron chi connectivity index (χ1n) is 7.63. The van der Waals surface area contributed by atoms with E-state index in [0.717, 1.165) is 4.68 Å². The molecule has 0 fully saturated rings. The van der Waals surface area contributed by atoms with Gasteiger partial charge in [-0.15, -0.1) is 0 Å². The van der Waals surface area contributed by atoms with Crippen molar-refractivity contribution in [3.8, 4) is 11.1 Å². The lowest BCUT2D eigenvalue weighted by molar-refractivity contribution is 0.101. The van der Waals surface area contributed by atoms with Gasteiger partial charge in [0, 0.05) is 24.2 Å². The minimum absolute atomic E-state index is 0.0380. The summed E-state index contributed by atoms with van der Waals surface area (Å²) < 4.78 is 2.38. The summed E-state index contributed by atoms with van der Waals surface area (Å²) in [5.74, 6) is -0.549. The van der Waals surface area contributed by atoms with E-state index in [2.05, 4.69) is 25.9 Å². The molecule has 0 atom stereocenters. The predicted octanol–water partition coefficient (Wildman–Crippen LogP) is 2.67. The third kappa shape index (κ3) is 3.66. The summed E-state index contributed by atoms with van der Waals surface area (Å²) >= 11 is 18.5. The summed E-state index contributed by atoms with van der Waals surface area (Å²) in [4.78, 5) is 25.2. The zero-order valence-corrected chi connectivity index (χ0v) is 16.3. The molecule has 2 aromatic heterocycles. The third-order valence-electron chi connectivity index (χ3n) is 3.66. The van der Waals surface area contributed by atoms with Gasteiger partial charge in [0.1, 0.15) is 0 Å². The Morgan fingerprint density at radius 3 is 2.67 bits per heavy atom. The van der Waals surface area contributed by atoms with Crippen LogP contribution in [0.5, 0.6) is 0 Å². The molecular formula is C15H12Cl3N7O2. The molecular weight excluding hydrogens is 417 g/mol. The van der Waals surface area contributed by atoms with Crippen molar-refractivity contribution in [2.75, 3.05) is 5.32 Å². The van der Waals surface area contributed by atoms with Crippen molar-refractivity contribution in [1.82, 2.24) is 30.0 Å². The fourth-order valence-electron chi connectivity index (χ4n) is 2.35.